The van der Waals surface area contributed by atoms with Crippen molar-refractivity contribution in [3.8, 4) is 0 Å². The Balaban J connectivity index is 1.02. The second kappa shape index (κ2) is 12.9. The fourth-order valence-corrected chi connectivity index (χ4v) is 10.6. The smallest absolute Gasteiger partial charge is 0.348 e. The van der Waals surface area contributed by atoms with Crippen LogP contribution in [0.5, 0.6) is 0 Å². The Kier molecular flexibility index (Phi) is 7.53. The van der Waals surface area contributed by atoms with Crippen molar-refractivity contribution in [3.63, 3.8) is 0 Å². The first-order valence-corrected chi connectivity index (χ1v) is 21.1. The van der Waals surface area contributed by atoms with Gasteiger partial charge < -0.3 is 19.3 Å². The summed E-state index contributed by atoms with van der Waals surface area (Å²) in [5.41, 5.74) is 11.6. The van der Waals surface area contributed by atoms with E-state index in [1.54, 1.807) is 0 Å². The molecule has 298 valence electrons. The molecule has 0 radical (unpaired) electrons. The van der Waals surface area contributed by atoms with Crippen molar-refractivity contribution < 1.29 is 19.1 Å². The van der Waals surface area contributed by atoms with Gasteiger partial charge in [-0.1, -0.05) is 137 Å². The Morgan fingerprint density at radius 1 is 0.403 bits per heavy atom. The Morgan fingerprint density at radius 3 is 1.19 bits per heavy atom. The highest BCUT2D eigenvalue weighted by Crippen LogP contribution is 2.57. The zero-order chi connectivity index (χ0) is 42.1. The van der Waals surface area contributed by atoms with Gasteiger partial charge in [-0.3, -0.25) is 0 Å². The highest BCUT2D eigenvalue weighted by atomic mass is 16.6. The van der Waals surface area contributed by atoms with Crippen molar-refractivity contribution in [3.05, 3.63) is 215 Å². The first-order valence-electron chi connectivity index (χ1n) is 21.1. The molecule has 0 saturated heterocycles. The van der Waals surface area contributed by atoms with Gasteiger partial charge in [0.25, 0.3) is 0 Å². The maximum Gasteiger partial charge on any atom is 0.348 e. The van der Waals surface area contributed by atoms with Gasteiger partial charge in [-0.15, -0.1) is 0 Å². The fourth-order valence-electron chi connectivity index (χ4n) is 10.6. The van der Waals surface area contributed by atoms with Gasteiger partial charge in [0.1, 0.15) is 11.1 Å². The van der Waals surface area contributed by atoms with Gasteiger partial charge in [-0.05, 0) is 116 Å². The molecular formula is C56H40N2O4. The average Bonchev–Trinajstić information content (AvgIpc) is 3.78. The molecule has 62 heavy (non-hydrogen) atoms. The summed E-state index contributed by atoms with van der Waals surface area (Å²) in [5.74, 6) is -0.774. The zero-order valence-electron chi connectivity index (χ0n) is 34.7. The predicted octanol–water partition coefficient (Wildman–Crippen LogP) is 13.4. The summed E-state index contributed by atoms with van der Waals surface area (Å²) in [6.07, 6.45) is 0. The highest BCUT2D eigenvalue weighted by Gasteiger charge is 2.46. The average molecular weight is 805 g/mol. The van der Waals surface area contributed by atoms with Crippen LogP contribution >= 0.6 is 0 Å². The molecule has 0 amide bonds. The summed E-state index contributed by atoms with van der Waals surface area (Å²) in [4.78, 5) is 32.9. The monoisotopic (exact) mass is 804 g/mol. The van der Waals surface area contributed by atoms with Crippen LogP contribution in [0.1, 0.15) is 61.1 Å². The summed E-state index contributed by atoms with van der Waals surface area (Å²) in [7, 11) is 0. The van der Waals surface area contributed by atoms with Gasteiger partial charge in [0, 0.05) is 22.2 Å². The zero-order valence-corrected chi connectivity index (χ0v) is 34.7. The van der Waals surface area contributed by atoms with Crippen LogP contribution in [0.4, 0.5) is 34.1 Å². The molecule has 0 saturated carbocycles. The number of hydrogen-bond acceptors (Lipinski definition) is 6. The fraction of sp³-hybridized carbons (Fsp3) is 0.107. The molecular weight excluding hydrogens is 765 g/mol. The predicted molar refractivity (Wildman–Crippen MR) is 248 cm³/mol. The Hall–Kier alpha value is -7.70. The van der Waals surface area contributed by atoms with Crippen LogP contribution in [-0.2, 0) is 29.9 Å². The van der Waals surface area contributed by atoms with E-state index in [2.05, 4.69) is 183 Å². The SMILES string of the molecule is CC1(C)c2cc(C3=C4OC(=O)C(c5ccc6c(c5)C(C)(C)c5c(ccc7ccccc57)N6c5ccccc5)=C4OC3=O)ccc2N(c2ccccc2)c2ccc3ccccc3c21. The molecule has 6 nitrogen and oxygen atoms in total. The highest BCUT2D eigenvalue weighted by molar-refractivity contribution is 6.29. The molecule has 12 rings (SSSR count). The molecule has 4 aliphatic heterocycles. The van der Waals surface area contributed by atoms with Crippen LogP contribution in [0.25, 0.3) is 32.7 Å². The van der Waals surface area contributed by atoms with Gasteiger partial charge >= 0.3 is 11.9 Å². The van der Waals surface area contributed by atoms with Crippen molar-refractivity contribution in [2.45, 2.75) is 38.5 Å². The Morgan fingerprint density at radius 2 is 0.774 bits per heavy atom. The molecule has 6 heteroatoms. The first kappa shape index (κ1) is 36.2. The quantitative estimate of drug-likeness (QED) is 0.165. The number of benzene rings is 8. The minimum Gasteiger partial charge on any atom is -0.418 e. The van der Waals surface area contributed by atoms with Crippen LogP contribution in [0.2, 0.25) is 0 Å². The number of hydrogen-bond donors (Lipinski definition) is 0. The van der Waals surface area contributed by atoms with Crippen LogP contribution in [0.15, 0.2) is 181 Å². The summed E-state index contributed by atoms with van der Waals surface area (Å²) >= 11 is 0. The van der Waals surface area contributed by atoms with Crippen molar-refractivity contribution in [2.24, 2.45) is 0 Å². The lowest BCUT2D eigenvalue weighted by Crippen LogP contribution is -2.31. The van der Waals surface area contributed by atoms with Gasteiger partial charge in [0.2, 0.25) is 0 Å². The van der Waals surface area contributed by atoms with E-state index in [0.717, 1.165) is 56.0 Å². The van der Waals surface area contributed by atoms with Crippen molar-refractivity contribution in [1.82, 2.24) is 0 Å². The maximum absolute atomic E-state index is 14.1. The van der Waals surface area contributed by atoms with Crippen molar-refractivity contribution in [1.29, 1.82) is 0 Å². The number of ether oxygens (including phenoxy) is 2. The molecule has 8 aromatic rings. The number of anilines is 6. The summed E-state index contributed by atoms with van der Waals surface area (Å²) in [5, 5.41) is 4.66. The van der Waals surface area contributed by atoms with E-state index in [0.29, 0.717) is 11.1 Å². The molecule has 0 fully saturated rings. The largest absolute Gasteiger partial charge is 0.418 e. The van der Waals surface area contributed by atoms with Gasteiger partial charge in [0.15, 0.2) is 11.5 Å². The minimum atomic E-state index is -0.548. The molecule has 0 aliphatic carbocycles. The number of para-hydroxylation sites is 2. The van der Waals surface area contributed by atoms with E-state index >= 15 is 0 Å². The van der Waals surface area contributed by atoms with Crippen molar-refractivity contribution >= 4 is 78.8 Å². The normalized spacial score (nSPS) is 16.8. The minimum absolute atomic E-state index is 0.161. The molecule has 8 aromatic carbocycles. The molecule has 0 aromatic heterocycles. The summed E-state index contributed by atoms with van der Waals surface area (Å²) in [6.45, 7) is 8.96. The molecule has 4 heterocycles. The van der Waals surface area contributed by atoms with Gasteiger partial charge in [0.05, 0.1) is 22.7 Å². The number of nitrogens with zero attached hydrogens (tertiary/aromatic N) is 2. The van der Waals surface area contributed by atoms with E-state index in [4.69, 9.17) is 9.47 Å². The van der Waals surface area contributed by atoms with Crippen LogP contribution in [0.3, 0.4) is 0 Å². The van der Waals surface area contributed by atoms with Crippen LogP contribution in [0, 0.1) is 0 Å². The second-order valence-electron chi connectivity index (χ2n) is 17.6. The van der Waals surface area contributed by atoms with Gasteiger partial charge in [-0.2, -0.15) is 0 Å². The molecule has 4 aliphatic rings. The number of fused-ring (bicyclic) bond motifs is 9. The maximum atomic E-state index is 14.1. The van der Waals surface area contributed by atoms with Gasteiger partial charge in [-0.25, -0.2) is 9.59 Å². The summed E-state index contributed by atoms with van der Waals surface area (Å²) in [6, 6.07) is 58.7. The number of esters is 2. The topological polar surface area (TPSA) is 59.1 Å². The third kappa shape index (κ3) is 4.98. The molecule has 0 spiro atoms. The lowest BCUT2D eigenvalue weighted by Gasteiger charge is -2.43. The third-order valence-corrected chi connectivity index (χ3v) is 13.4. The second-order valence-corrected chi connectivity index (χ2v) is 17.6. The Labute approximate surface area is 359 Å². The van der Waals surface area contributed by atoms with E-state index in [-0.39, 0.29) is 22.7 Å². The Bertz CT molecular complexity index is 3120. The molecule has 0 N–H and O–H groups in total. The standard InChI is InChI=1S/C56H40N2O4/c1-55(2)41-31-35(25-27-43(41)57(37-17-7-5-8-18-37)45-29-23-33-15-11-13-21-39(33)49(45)55)47-51-52(62-53(47)59)48(54(60)61-51)36-26-28-44-42(32-36)56(3,4)50-40-22-14-12-16-34(40)24-30-46(50)58(44)38-19-9-6-10-20-38/h5-32H,1-4H3. The van der Waals surface area contributed by atoms with E-state index < -0.39 is 22.8 Å². The number of carbonyl (C=O) groups excluding carboxylic acids is 2. The number of rotatable bonds is 4. The van der Waals surface area contributed by atoms with Crippen LogP contribution in [-0.4, -0.2) is 11.9 Å². The summed E-state index contributed by atoms with van der Waals surface area (Å²) < 4.78 is 12.2. The third-order valence-electron chi connectivity index (χ3n) is 13.4. The number of carbonyl (C=O) groups is 2. The van der Waals surface area contributed by atoms with Crippen LogP contribution < -0.4 is 9.80 Å². The van der Waals surface area contributed by atoms with E-state index in [1.807, 2.05) is 24.3 Å². The molecule has 0 atom stereocenters. The van der Waals surface area contributed by atoms with E-state index in [9.17, 15) is 9.59 Å². The molecule has 0 unspecified atom stereocenters. The lowest BCUT2D eigenvalue weighted by molar-refractivity contribution is -0.131. The lowest BCUT2D eigenvalue weighted by atomic mass is 9.71. The van der Waals surface area contributed by atoms with Crippen molar-refractivity contribution in [2.75, 3.05) is 9.80 Å². The molecule has 0 bridgehead atoms. The first-order chi connectivity index (χ1) is 30.1. The van der Waals surface area contributed by atoms with E-state index in [1.165, 1.54) is 21.9 Å².